The number of hydrogen-bond acceptors (Lipinski definition) is 6. The summed E-state index contributed by atoms with van der Waals surface area (Å²) in [6.45, 7) is 0. The van der Waals surface area contributed by atoms with Crippen LogP contribution >= 0.6 is 35.0 Å². The molecule has 0 atom stereocenters. The lowest BCUT2D eigenvalue weighted by atomic mass is 10.3. The molecule has 0 saturated carbocycles. The number of nitrogens with zero attached hydrogens (tertiary/aromatic N) is 2. The number of anilines is 2. The molecule has 3 aromatic rings. The van der Waals surface area contributed by atoms with E-state index in [9.17, 15) is 9.59 Å². The van der Waals surface area contributed by atoms with Gasteiger partial charge in [-0.25, -0.2) is 0 Å². The van der Waals surface area contributed by atoms with Gasteiger partial charge in [0.15, 0.2) is 11.6 Å². The number of carbonyl (C=O) groups is 2. The van der Waals surface area contributed by atoms with Crippen LogP contribution in [0, 0.1) is 0 Å². The van der Waals surface area contributed by atoms with Gasteiger partial charge in [0.05, 0.1) is 22.7 Å². The molecule has 1 aromatic carbocycles. The maximum absolute atomic E-state index is 12.0. The van der Waals surface area contributed by atoms with E-state index in [4.69, 9.17) is 27.6 Å². The molecule has 0 saturated heterocycles. The number of carbonyl (C=O) groups excluding carboxylic acids is 2. The number of nitrogens with one attached hydrogen (secondary N) is 2. The molecule has 0 spiro atoms. The van der Waals surface area contributed by atoms with Crippen LogP contribution in [0.15, 0.2) is 58.2 Å². The Labute approximate surface area is 168 Å². The van der Waals surface area contributed by atoms with Gasteiger partial charge in [0, 0.05) is 5.02 Å². The molecule has 0 aliphatic heterocycles. The average Bonchev–Trinajstić information content (AvgIpc) is 3.19. The van der Waals surface area contributed by atoms with E-state index in [1.165, 1.54) is 24.1 Å². The fraction of sp³-hybridized carbons (Fsp3) is 0.0588. The first-order chi connectivity index (χ1) is 13.0. The molecule has 27 heavy (non-hydrogen) atoms. The molecule has 2 heterocycles. The van der Waals surface area contributed by atoms with Crippen LogP contribution in [0.1, 0.15) is 10.6 Å². The van der Waals surface area contributed by atoms with E-state index in [1.54, 1.807) is 36.4 Å². The summed E-state index contributed by atoms with van der Waals surface area (Å²) < 4.78 is 4.99. The Morgan fingerprint density at radius 2 is 1.93 bits per heavy atom. The zero-order chi connectivity index (χ0) is 19.2. The number of hydrogen-bond donors (Lipinski definition) is 2. The van der Waals surface area contributed by atoms with Crippen molar-refractivity contribution in [3.63, 3.8) is 0 Å². The second-order valence-corrected chi connectivity index (χ2v) is 6.99. The molecule has 0 aliphatic rings. The third-order valence-corrected chi connectivity index (χ3v) is 4.66. The van der Waals surface area contributed by atoms with Gasteiger partial charge in [-0.2, -0.15) is 0 Å². The molecule has 2 amide bonds. The molecule has 7 nitrogen and oxygen atoms in total. The number of aromatic nitrogens is 2. The highest BCUT2D eigenvalue weighted by atomic mass is 35.5. The Morgan fingerprint density at radius 3 is 2.63 bits per heavy atom. The lowest BCUT2D eigenvalue weighted by Gasteiger charge is -2.07. The van der Waals surface area contributed by atoms with Gasteiger partial charge in [0.1, 0.15) is 5.03 Å². The normalized spacial score (nSPS) is 10.4. The van der Waals surface area contributed by atoms with Crippen LogP contribution in [-0.2, 0) is 4.79 Å². The van der Waals surface area contributed by atoms with E-state index in [-0.39, 0.29) is 23.2 Å². The second kappa shape index (κ2) is 8.90. The number of amides is 2. The summed E-state index contributed by atoms with van der Waals surface area (Å²) in [7, 11) is 0. The maximum atomic E-state index is 12.0. The molecule has 0 radical (unpaired) electrons. The highest BCUT2D eigenvalue weighted by molar-refractivity contribution is 7.99. The van der Waals surface area contributed by atoms with Crippen molar-refractivity contribution in [3.05, 3.63) is 64.5 Å². The summed E-state index contributed by atoms with van der Waals surface area (Å²) >= 11 is 13.1. The fourth-order valence-electron chi connectivity index (χ4n) is 1.97. The quantitative estimate of drug-likeness (QED) is 0.572. The Morgan fingerprint density at radius 1 is 1.07 bits per heavy atom. The van der Waals surface area contributed by atoms with Crippen LogP contribution in [0.4, 0.5) is 11.5 Å². The number of furan rings is 1. The Kier molecular flexibility index (Phi) is 6.33. The van der Waals surface area contributed by atoms with Crippen LogP contribution in [0.3, 0.4) is 0 Å². The highest BCUT2D eigenvalue weighted by Crippen LogP contribution is 2.26. The van der Waals surface area contributed by atoms with E-state index in [2.05, 4.69) is 20.8 Å². The van der Waals surface area contributed by atoms with Gasteiger partial charge in [0.2, 0.25) is 5.91 Å². The molecular formula is C17H12Cl2N4O3S. The summed E-state index contributed by atoms with van der Waals surface area (Å²) in [6, 6.07) is 11.2. The van der Waals surface area contributed by atoms with Gasteiger partial charge in [0.25, 0.3) is 5.91 Å². The van der Waals surface area contributed by atoms with E-state index in [0.717, 1.165) is 0 Å². The predicted octanol–water partition coefficient (Wildman–Crippen LogP) is 4.36. The minimum atomic E-state index is -0.424. The number of benzene rings is 1. The standard InChI is InChI=1S/C17H12Cl2N4O3S/c18-10-3-4-11(19)12(8-10)20-15(24)9-27-16-6-5-14(22-23-16)21-17(25)13-2-1-7-26-13/h1-8H,9H2,(H,20,24)(H,21,22,25). The Bertz CT molecular complexity index is 949. The van der Waals surface area contributed by atoms with E-state index in [0.29, 0.717) is 20.8 Å². The van der Waals surface area contributed by atoms with E-state index in [1.807, 2.05) is 0 Å². The number of halogens is 2. The van der Waals surface area contributed by atoms with Crippen LogP contribution in [0.2, 0.25) is 10.0 Å². The molecule has 2 N–H and O–H groups in total. The van der Waals surface area contributed by atoms with Crippen molar-refractivity contribution in [2.24, 2.45) is 0 Å². The van der Waals surface area contributed by atoms with Crippen molar-refractivity contribution in [2.75, 3.05) is 16.4 Å². The molecule has 0 bridgehead atoms. The van der Waals surface area contributed by atoms with Gasteiger partial charge in [-0.05, 0) is 42.5 Å². The number of rotatable bonds is 6. The molecule has 0 aliphatic carbocycles. The van der Waals surface area contributed by atoms with Crippen molar-refractivity contribution in [1.29, 1.82) is 0 Å². The first-order valence-corrected chi connectivity index (χ1v) is 9.32. The summed E-state index contributed by atoms with van der Waals surface area (Å²) in [4.78, 5) is 23.9. The van der Waals surface area contributed by atoms with Crippen molar-refractivity contribution in [2.45, 2.75) is 5.03 Å². The SMILES string of the molecule is O=C(CSc1ccc(NC(=O)c2ccco2)nn1)Nc1cc(Cl)ccc1Cl. The van der Waals surface area contributed by atoms with Crippen LogP contribution in [0.5, 0.6) is 0 Å². The smallest absolute Gasteiger partial charge is 0.292 e. The predicted molar refractivity (Wildman–Crippen MR) is 105 cm³/mol. The third kappa shape index (κ3) is 5.46. The van der Waals surface area contributed by atoms with Crippen LogP contribution < -0.4 is 10.6 Å². The van der Waals surface area contributed by atoms with Gasteiger partial charge in [-0.15, -0.1) is 10.2 Å². The Balaban J connectivity index is 1.51. The van der Waals surface area contributed by atoms with Crippen molar-refractivity contribution >= 4 is 58.3 Å². The molecule has 0 fully saturated rings. The van der Waals surface area contributed by atoms with Gasteiger partial charge < -0.3 is 15.1 Å². The largest absolute Gasteiger partial charge is 0.459 e. The maximum Gasteiger partial charge on any atom is 0.292 e. The summed E-state index contributed by atoms with van der Waals surface area (Å²) in [6.07, 6.45) is 1.40. The summed E-state index contributed by atoms with van der Waals surface area (Å²) in [5.74, 6) is -0.133. The third-order valence-electron chi connectivity index (χ3n) is 3.18. The first-order valence-electron chi connectivity index (χ1n) is 7.57. The monoisotopic (exact) mass is 422 g/mol. The molecule has 138 valence electrons. The van der Waals surface area contributed by atoms with Gasteiger partial charge in [-0.1, -0.05) is 35.0 Å². The molecule has 3 rings (SSSR count). The average molecular weight is 423 g/mol. The molecular weight excluding hydrogens is 411 g/mol. The van der Waals surface area contributed by atoms with Crippen molar-refractivity contribution in [3.8, 4) is 0 Å². The number of thioether (sulfide) groups is 1. The second-order valence-electron chi connectivity index (χ2n) is 5.15. The lowest BCUT2D eigenvalue weighted by molar-refractivity contribution is -0.113. The van der Waals surface area contributed by atoms with Crippen molar-refractivity contribution in [1.82, 2.24) is 10.2 Å². The van der Waals surface area contributed by atoms with E-state index >= 15 is 0 Å². The summed E-state index contributed by atoms with van der Waals surface area (Å²) in [5.41, 5.74) is 0.442. The fourth-order valence-corrected chi connectivity index (χ4v) is 2.92. The van der Waals surface area contributed by atoms with Crippen molar-refractivity contribution < 1.29 is 14.0 Å². The van der Waals surface area contributed by atoms with Gasteiger partial charge >= 0.3 is 0 Å². The zero-order valence-electron chi connectivity index (χ0n) is 13.6. The van der Waals surface area contributed by atoms with Crippen LogP contribution in [-0.4, -0.2) is 27.8 Å². The Hall–Kier alpha value is -2.55. The minimum absolute atomic E-state index is 0.107. The molecule has 0 unspecified atom stereocenters. The molecule has 10 heteroatoms. The zero-order valence-corrected chi connectivity index (χ0v) is 15.9. The van der Waals surface area contributed by atoms with E-state index < -0.39 is 5.91 Å². The van der Waals surface area contributed by atoms with Crippen LogP contribution in [0.25, 0.3) is 0 Å². The van der Waals surface area contributed by atoms with Gasteiger partial charge in [-0.3, -0.25) is 9.59 Å². The summed E-state index contributed by atoms with van der Waals surface area (Å²) in [5, 5.41) is 14.5. The minimum Gasteiger partial charge on any atom is -0.459 e. The topological polar surface area (TPSA) is 97.1 Å². The highest BCUT2D eigenvalue weighted by Gasteiger charge is 2.11. The first kappa shape index (κ1) is 19.2. The lowest BCUT2D eigenvalue weighted by Crippen LogP contribution is -2.15. The molecule has 2 aromatic heterocycles.